The van der Waals surface area contributed by atoms with Crippen molar-refractivity contribution in [1.82, 2.24) is 44.7 Å². The minimum Gasteiger partial charge on any atom is -0.385 e. The molecule has 0 radical (unpaired) electrons. The fourth-order valence-corrected chi connectivity index (χ4v) is 9.52. The van der Waals surface area contributed by atoms with Crippen LogP contribution in [-0.4, -0.2) is 111 Å². The Balaban J connectivity index is 0.864. The smallest absolute Gasteiger partial charge is 0.329 e. The Morgan fingerprint density at radius 2 is 1.75 bits per heavy atom. The van der Waals surface area contributed by atoms with Gasteiger partial charge >= 0.3 is 11.7 Å². The number of unbranched alkanes of at least 4 members (excludes halogenated alkanes) is 1. The lowest BCUT2D eigenvalue weighted by molar-refractivity contribution is -0.136. The number of amides is 5. The van der Waals surface area contributed by atoms with Gasteiger partial charge in [-0.15, -0.1) is 0 Å². The summed E-state index contributed by atoms with van der Waals surface area (Å²) in [6.07, 6.45) is 6.24. The summed E-state index contributed by atoms with van der Waals surface area (Å²) < 4.78 is 33.7. The number of alkyl halides is 2. The third kappa shape index (κ3) is 8.97. The van der Waals surface area contributed by atoms with E-state index in [0.717, 1.165) is 29.8 Å². The van der Waals surface area contributed by atoms with E-state index in [4.69, 9.17) is 0 Å². The number of benzene rings is 2. The van der Waals surface area contributed by atoms with Crippen molar-refractivity contribution in [3.05, 3.63) is 75.6 Å². The Bertz CT molecular complexity index is 2570. The number of anilines is 2. The molecule has 2 fully saturated rings. The second-order valence-electron chi connectivity index (χ2n) is 17.1. The molecular formula is C45H56F2N12O5. The van der Waals surface area contributed by atoms with E-state index >= 15 is 0 Å². The first-order valence-corrected chi connectivity index (χ1v) is 22.1. The first-order valence-electron chi connectivity index (χ1n) is 22.1. The number of carbonyl (C=O) groups excluding carboxylic acids is 4. The van der Waals surface area contributed by atoms with Gasteiger partial charge in [-0.3, -0.25) is 38.9 Å². The number of rotatable bonds is 12. The number of halogens is 2. The molecule has 5 amide bonds. The van der Waals surface area contributed by atoms with Crippen LogP contribution in [0.4, 0.5) is 25.0 Å². The van der Waals surface area contributed by atoms with Gasteiger partial charge in [0.2, 0.25) is 17.7 Å². The molecule has 0 saturated carbocycles. The number of imidazole rings is 1. The number of hydrogen-bond acceptors (Lipinski definition) is 9. The number of imide groups is 1. The number of nitrogens with zero attached hydrogens (tertiary/aromatic N) is 7. The molecule has 0 aliphatic carbocycles. The van der Waals surface area contributed by atoms with E-state index in [1.165, 1.54) is 15.2 Å². The van der Waals surface area contributed by atoms with Gasteiger partial charge in [-0.1, -0.05) is 0 Å². The van der Waals surface area contributed by atoms with Gasteiger partial charge in [-0.05, 0) is 86.4 Å². The highest BCUT2D eigenvalue weighted by atomic mass is 19.3. The van der Waals surface area contributed by atoms with Gasteiger partial charge in [0.1, 0.15) is 11.9 Å². The van der Waals surface area contributed by atoms with E-state index in [1.54, 1.807) is 49.2 Å². The largest absolute Gasteiger partial charge is 0.385 e. The minimum absolute atomic E-state index is 0.0523. The number of fused-ring (bicyclic) bond motifs is 2. The molecule has 1 unspecified atom stereocenters. The van der Waals surface area contributed by atoms with Crippen molar-refractivity contribution in [3.63, 3.8) is 0 Å². The van der Waals surface area contributed by atoms with Crippen molar-refractivity contribution in [2.45, 2.75) is 82.7 Å². The van der Waals surface area contributed by atoms with Gasteiger partial charge in [0.25, 0.3) is 6.43 Å². The lowest BCUT2D eigenvalue weighted by Gasteiger charge is -2.39. The predicted molar refractivity (Wildman–Crippen MR) is 238 cm³/mol. The van der Waals surface area contributed by atoms with Crippen LogP contribution in [0.1, 0.15) is 81.4 Å². The fraction of sp³-hybridized carbons (Fsp3) is 0.489. The monoisotopic (exact) mass is 882 g/mol. The SMILES string of the molecule is CNC(=O)N1CCC(NC2CCN(C(=O)CCCCNc3ccc4c(c3)n(C)c(=O)n4C3CCC(=O)NC3=O)CC2)=C(C(=N)N2CCCc3cc(-c4cnn(C)c4)c(C(F)F)cc32)C1. The Morgan fingerprint density at radius 1 is 0.953 bits per heavy atom. The highest BCUT2D eigenvalue weighted by molar-refractivity contribution is 6.09. The zero-order valence-corrected chi connectivity index (χ0v) is 36.5. The predicted octanol–water partition coefficient (Wildman–Crippen LogP) is 4.55. The van der Waals surface area contributed by atoms with E-state index in [1.807, 2.05) is 28.0 Å². The van der Waals surface area contributed by atoms with E-state index < -0.39 is 18.4 Å². The number of aryl methyl sites for hydroxylation is 3. The molecule has 340 valence electrons. The molecule has 19 heteroatoms. The fourth-order valence-electron chi connectivity index (χ4n) is 9.52. The standard InChI is InChI=1S/C45H56F2N12O5/c1-49-44(63)57-20-15-34(33(26-57)42(48)58-17-6-7-27-21-31(28-24-51-54(2)25-28)32(41(46)47)23-37(27)58)52-29-13-18-56(19-14-29)40(61)8-4-5-16-50-30-9-10-35-38(22-30)55(3)45(64)59(35)36-11-12-39(60)53-43(36)62/h9-10,21-25,29,36,41,48,50,52H,4-8,11-20,26H2,1-3H3,(H,49,63)(H,53,60,62). The van der Waals surface area contributed by atoms with E-state index in [2.05, 4.69) is 26.4 Å². The first kappa shape index (κ1) is 44.1. The van der Waals surface area contributed by atoms with E-state index in [9.17, 15) is 38.2 Å². The van der Waals surface area contributed by atoms with Crippen LogP contribution in [0.25, 0.3) is 22.2 Å². The quantitative estimate of drug-likeness (QED) is 0.0588. The number of urea groups is 1. The molecule has 64 heavy (non-hydrogen) atoms. The summed E-state index contributed by atoms with van der Waals surface area (Å²) in [5.41, 5.74) is 5.70. The average Bonchev–Trinajstić information content (AvgIpc) is 3.84. The first-order chi connectivity index (χ1) is 30.8. The van der Waals surface area contributed by atoms with Crippen LogP contribution >= 0.6 is 0 Å². The molecule has 2 aromatic carbocycles. The average molecular weight is 883 g/mol. The van der Waals surface area contributed by atoms with E-state index in [-0.39, 0.29) is 60.4 Å². The molecular weight excluding hydrogens is 827 g/mol. The molecule has 2 saturated heterocycles. The van der Waals surface area contributed by atoms with Gasteiger partial charge in [-0.2, -0.15) is 5.10 Å². The molecule has 4 aliphatic rings. The molecule has 4 aromatic rings. The van der Waals surface area contributed by atoms with Crippen LogP contribution in [0.2, 0.25) is 0 Å². The van der Waals surface area contributed by atoms with Crippen molar-refractivity contribution in [3.8, 4) is 11.1 Å². The van der Waals surface area contributed by atoms with E-state index in [0.29, 0.717) is 105 Å². The van der Waals surface area contributed by atoms with Crippen molar-refractivity contribution in [1.29, 1.82) is 5.41 Å². The normalized spacial score (nSPS) is 18.4. The zero-order chi connectivity index (χ0) is 45.2. The number of aromatic nitrogens is 4. The zero-order valence-electron chi connectivity index (χ0n) is 36.5. The Hall–Kier alpha value is -6.53. The lowest BCUT2D eigenvalue weighted by Crippen LogP contribution is -2.50. The van der Waals surface area contributed by atoms with Gasteiger partial charge in [-0.25, -0.2) is 18.4 Å². The molecule has 0 spiro atoms. The third-order valence-corrected chi connectivity index (χ3v) is 13.0. The maximum absolute atomic E-state index is 14.6. The van der Waals surface area contributed by atoms with Crippen LogP contribution in [0.15, 0.2) is 58.8 Å². The molecule has 6 heterocycles. The summed E-state index contributed by atoms with van der Waals surface area (Å²) in [6.45, 7) is 2.93. The summed E-state index contributed by atoms with van der Waals surface area (Å²) in [5.74, 6) is -0.526. The number of amidine groups is 1. The third-order valence-electron chi connectivity index (χ3n) is 13.0. The van der Waals surface area contributed by atoms with Crippen LogP contribution in [0.3, 0.4) is 0 Å². The van der Waals surface area contributed by atoms with Gasteiger partial charge in [0.05, 0.1) is 23.8 Å². The highest BCUT2D eigenvalue weighted by Crippen LogP contribution is 2.40. The molecule has 1 atom stereocenters. The highest BCUT2D eigenvalue weighted by Gasteiger charge is 2.34. The second-order valence-corrected chi connectivity index (χ2v) is 17.1. The van der Waals surface area contributed by atoms with Crippen LogP contribution in [0, 0.1) is 5.41 Å². The van der Waals surface area contributed by atoms with Crippen LogP contribution in [0.5, 0.6) is 0 Å². The van der Waals surface area contributed by atoms with Crippen molar-refractivity contribution in [2.24, 2.45) is 14.1 Å². The maximum Gasteiger partial charge on any atom is 0.329 e. The number of nitrogens with one attached hydrogen (secondary N) is 5. The Morgan fingerprint density at radius 3 is 2.47 bits per heavy atom. The van der Waals surface area contributed by atoms with Crippen LogP contribution < -0.4 is 31.9 Å². The summed E-state index contributed by atoms with van der Waals surface area (Å²) in [4.78, 5) is 68.8. The molecule has 8 rings (SSSR count). The van der Waals surface area contributed by atoms with Crippen molar-refractivity contribution in [2.75, 3.05) is 56.5 Å². The summed E-state index contributed by atoms with van der Waals surface area (Å²) in [6, 6.07) is 7.92. The molecule has 4 aliphatic heterocycles. The number of piperidine rings is 2. The summed E-state index contributed by atoms with van der Waals surface area (Å²) in [5, 5.41) is 25.8. The number of hydrogen-bond donors (Lipinski definition) is 5. The molecule has 5 N–H and O–H groups in total. The summed E-state index contributed by atoms with van der Waals surface area (Å²) in [7, 11) is 4.98. The number of carbonyl (C=O) groups is 4. The Kier molecular flexibility index (Phi) is 12.9. The molecule has 0 bridgehead atoms. The van der Waals surface area contributed by atoms with Gasteiger partial charge in [0.15, 0.2) is 0 Å². The molecule has 2 aromatic heterocycles. The maximum atomic E-state index is 14.6. The summed E-state index contributed by atoms with van der Waals surface area (Å²) >= 11 is 0. The van der Waals surface area contributed by atoms with Gasteiger partial charge in [0, 0.05) is 119 Å². The van der Waals surface area contributed by atoms with Gasteiger partial charge < -0.3 is 30.7 Å². The molecule has 17 nitrogen and oxygen atoms in total. The lowest BCUT2D eigenvalue weighted by atomic mass is 9.92. The van der Waals surface area contributed by atoms with Crippen LogP contribution in [-0.2, 0) is 34.9 Å². The minimum atomic E-state index is -2.73. The van der Waals surface area contributed by atoms with Crippen molar-refractivity contribution >= 4 is 52.0 Å². The van der Waals surface area contributed by atoms with Crippen molar-refractivity contribution < 1.29 is 28.0 Å². The number of likely N-dealkylation sites (tertiary alicyclic amines) is 1. The topological polar surface area (TPSA) is 195 Å². The second kappa shape index (κ2) is 18.7. The Labute approximate surface area is 369 Å².